The Hall–Kier alpha value is -2.24. The number of nitrogens with two attached hydrogens (primary N) is 2. The number of rotatable bonds is 15. The molecule has 0 aromatic heterocycles. The molecule has 0 bridgehead atoms. The van der Waals surface area contributed by atoms with Gasteiger partial charge in [0.25, 0.3) is 0 Å². The fourth-order valence-electron chi connectivity index (χ4n) is 2.96. The molecular weight excluding hydrogens is 418 g/mol. The summed E-state index contributed by atoms with van der Waals surface area (Å²) in [5.41, 5.74) is 11.2. The molecule has 0 fully saturated rings. The van der Waals surface area contributed by atoms with Crippen molar-refractivity contribution in [1.29, 1.82) is 0 Å². The van der Waals surface area contributed by atoms with Crippen molar-refractivity contribution in [3.63, 3.8) is 0 Å². The van der Waals surface area contributed by atoms with Crippen molar-refractivity contribution < 1.29 is 29.4 Å². The number of aliphatic hydroxyl groups excluding tert-OH is 1. The molecule has 32 heavy (non-hydrogen) atoms. The third kappa shape index (κ3) is 9.92. The number of hydrogen-bond donors (Lipinski definition) is 7. The first-order valence-corrected chi connectivity index (χ1v) is 11.1. The summed E-state index contributed by atoms with van der Waals surface area (Å²) in [5, 5.41) is 26.6. The molecule has 186 valence electrons. The SMILES string of the molecule is CCC(C)C(NC(=O)C(CCCCN)NC(=O)C(N)C(C)O)C(=O)NC(C(=O)O)C(C)C. The Kier molecular flexibility index (Phi) is 13.7. The van der Waals surface area contributed by atoms with Gasteiger partial charge in [0.1, 0.15) is 24.2 Å². The summed E-state index contributed by atoms with van der Waals surface area (Å²) in [7, 11) is 0. The van der Waals surface area contributed by atoms with Crippen LogP contribution in [0.4, 0.5) is 0 Å². The first-order chi connectivity index (χ1) is 14.9. The molecule has 0 spiro atoms. The maximum absolute atomic E-state index is 13.0. The minimum absolute atomic E-state index is 0.264. The predicted molar refractivity (Wildman–Crippen MR) is 120 cm³/mol. The standard InChI is InChI=1S/C21H41N5O6/c1-6-12(4)17(20(30)25-16(11(2)3)21(31)32)26-18(28)14(9-7-8-10-22)24-19(29)15(23)13(5)27/h11-17,27H,6-10,22-23H2,1-5H3,(H,24,29)(H,25,30)(H,26,28)(H,31,32). The van der Waals surface area contributed by atoms with Crippen LogP contribution in [0.5, 0.6) is 0 Å². The Morgan fingerprint density at radius 1 is 0.875 bits per heavy atom. The van der Waals surface area contributed by atoms with Crippen molar-refractivity contribution in [1.82, 2.24) is 16.0 Å². The normalized spacial score (nSPS) is 16.9. The lowest BCUT2D eigenvalue weighted by Gasteiger charge is -2.29. The van der Waals surface area contributed by atoms with E-state index in [4.69, 9.17) is 11.5 Å². The van der Waals surface area contributed by atoms with Gasteiger partial charge in [0.2, 0.25) is 17.7 Å². The van der Waals surface area contributed by atoms with E-state index >= 15 is 0 Å². The predicted octanol–water partition coefficient (Wildman–Crippen LogP) is -0.935. The number of carbonyl (C=O) groups excluding carboxylic acids is 3. The van der Waals surface area contributed by atoms with Crippen molar-refractivity contribution in [3.05, 3.63) is 0 Å². The zero-order valence-electron chi connectivity index (χ0n) is 19.8. The number of carboxylic acids is 1. The molecule has 11 nitrogen and oxygen atoms in total. The lowest BCUT2D eigenvalue weighted by Crippen LogP contribution is -2.59. The van der Waals surface area contributed by atoms with E-state index in [1.165, 1.54) is 6.92 Å². The van der Waals surface area contributed by atoms with Crippen LogP contribution in [-0.4, -0.2) is 70.7 Å². The largest absolute Gasteiger partial charge is 0.480 e. The maximum atomic E-state index is 13.0. The van der Waals surface area contributed by atoms with E-state index in [0.717, 1.165) is 0 Å². The number of carbonyl (C=O) groups is 4. The first kappa shape index (κ1) is 29.8. The molecule has 0 saturated carbocycles. The summed E-state index contributed by atoms with van der Waals surface area (Å²) in [5.74, 6) is -3.70. The van der Waals surface area contributed by atoms with Crippen LogP contribution >= 0.6 is 0 Å². The molecule has 3 amide bonds. The average Bonchev–Trinajstić information content (AvgIpc) is 2.72. The van der Waals surface area contributed by atoms with Gasteiger partial charge >= 0.3 is 5.97 Å². The number of aliphatic carboxylic acids is 1. The number of aliphatic hydroxyl groups is 1. The molecule has 6 unspecified atom stereocenters. The highest BCUT2D eigenvalue weighted by Crippen LogP contribution is 2.12. The minimum Gasteiger partial charge on any atom is -0.480 e. The highest BCUT2D eigenvalue weighted by atomic mass is 16.4. The van der Waals surface area contributed by atoms with Crippen LogP contribution in [0.2, 0.25) is 0 Å². The van der Waals surface area contributed by atoms with Crippen LogP contribution in [0, 0.1) is 11.8 Å². The van der Waals surface area contributed by atoms with Crippen molar-refractivity contribution in [2.24, 2.45) is 23.3 Å². The van der Waals surface area contributed by atoms with Gasteiger partial charge in [0.05, 0.1) is 6.10 Å². The molecule has 0 rings (SSSR count). The van der Waals surface area contributed by atoms with Gasteiger partial charge in [0, 0.05) is 0 Å². The second-order valence-electron chi connectivity index (χ2n) is 8.55. The lowest BCUT2D eigenvalue weighted by atomic mass is 9.96. The van der Waals surface area contributed by atoms with E-state index < -0.39 is 54.0 Å². The quantitative estimate of drug-likeness (QED) is 0.152. The van der Waals surface area contributed by atoms with Crippen molar-refractivity contribution >= 4 is 23.7 Å². The second-order valence-corrected chi connectivity index (χ2v) is 8.55. The van der Waals surface area contributed by atoms with Gasteiger partial charge in [-0.2, -0.15) is 0 Å². The molecule has 6 atom stereocenters. The van der Waals surface area contributed by atoms with Crippen molar-refractivity contribution in [2.45, 2.75) is 90.6 Å². The second kappa shape index (κ2) is 14.8. The van der Waals surface area contributed by atoms with E-state index in [2.05, 4.69) is 16.0 Å². The highest BCUT2D eigenvalue weighted by Gasteiger charge is 2.33. The first-order valence-electron chi connectivity index (χ1n) is 11.1. The van der Waals surface area contributed by atoms with E-state index in [-0.39, 0.29) is 18.3 Å². The number of nitrogens with one attached hydrogen (secondary N) is 3. The van der Waals surface area contributed by atoms with Gasteiger partial charge in [-0.25, -0.2) is 4.79 Å². The molecule has 0 aromatic carbocycles. The fraction of sp³-hybridized carbons (Fsp3) is 0.810. The molecule has 0 aliphatic carbocycles. The molecule has 9 N–H and O–H groups in total. The molecule has 11 heteroatoms. The summed E-state index contributed by atoms with van der Waals surface area (Å²) in [6, 6.07) is -4.29. The van der Waals surface area contributed by atoms with Crippen LogP contribution in [0.25, 0.3) is 0 Å². The van der Waals surface area contributed by atoms with Gasteiger partial charge in [-0.3, -0.25) is 14.4 Å². The van der Waals surface area contributed by atoms with Crippen LogP contribution in [-0.2, 0) is 19.2 Å². The average molecular weight is 460 g/mol. The Labute approximate surface area is 190 Å². The smallest absolute Gasteiger partial charge is 0.326 e. The molecule has 0 aromatic rings. The zero-order valence-corrected chi connectivity index (χ0v) is 19.8. The molecule has 0 saturated heterocycles. The van der Waals surface area contributed by atoms with Gasteiger partial charge in [-0.15, -0.1) is 0 Å². The highest BCUT2D eigenvalue weighted by molar-refractivity contribution is 5.94. The summed E-state index contributed by atoms with van der Waals surface area (Å²) in [6.07, 6.45) is 0.888. The Morgan fingerprint density at radius 2 is 1.44 bits per heavy atom. The Bertz CT molecular complexity index is 628. The number of unbranched alkanes of at least 4 members (excludes halogenated alkanes) is 1. The van der Waals surface area contributed by atoms with Crippen LogP contribution < -0.4 is 27.4 Å². The number of carboxylic acid groups (broad SMARTS) is 1. The molecule has 0 radical (unpaired) electrons. The molecule has 0 heterocycles. The van der Waals surface area contributed by atoms with E-state index in [0.29, 0.717) is 25.8 Å². The molecular formula is C21H41N5O6. The maximum Gasteiger partial charge on any atom is 0.326 e. The lowest BCUT2D eigenvalue weighted by molar-refractivity contribution is -0.144. The van der Waals surface area contributed by atoms with Crippen molar-refractivity contribution in [3.8, 4) is 0 Å². The Morgan fingerprint density at radius 3 is 1.88 bits per heavy atom. The Balaban J connectivity index is 5.55. The molecule has 0 aliphatic rings. The summed E-state index contributed by atoms with van der Waals surface area (Å²) < 4.78 is 0. The van der Waals surface area contributed by atoms with Gasteiger partial charge in [0.15, 0.2) is 0 Å². The van der Waals surface area contributed by atoms with Gasteiger partial charge in [-0.05, 0) is 44.6 Å². The molecule has 0 aliphatic heterocycles. The third-order valence-electron chi connectivity index (χ3n) is 5.43. The summed E-state index contributed by atoms with van der Waals surface area (Å²) in [6.45, 7) is 8.73. The fourth-order valence-corrected chi connectivity index (χ4v) is 2.96. The summed E-state index contributed by atoms with van der Waals surface area (Å²) in [4.78, 5) is 49.6. The number of hydrogen-bond acceptors (Lipinski definition) is 7. The summed E-state index contributed by atoms with van der Waals surface area (Å²) >= 11 is 0. The monoisotopic (exact) mass is 459 g/mol. The van der Waals surface area contributed by atoms with Crippen LogP contribution in [0.1, 0.15) is 60.3 Å². The van der Waals surface area contributed by atoms with E-state index in [9.17, 15) is 29.4 Å². The van der Waals surface area contributed by atoms with Gasteiger partial charge in [-0.1, -0.05) is 34.1 Å². The zero-order chi connectivity index (χ0) is 25.0. The van der Waals surface area contributed by atoms with Crippen LogP contribution in [0.3, 0.4) is 0 Å². The van der Waals surface area contributed by atoms with E-state index in [1.807, 2.05) is 6.92 Å². The number of amides is 3. The third-order valence-corrected chi connectivity index (χ3v) is 5.43. The van der Waals surface area contributed by atoms with Gasteiger partial charge < -0.3 is 37.6 Å². The topological polar surface area (TPSA) is 197 Å². The van der Waals surface area contributed by atoms with Crippen molar-refractivity contribution in [2.75, 3.05) is 6.54 Å². The van der Waals surface area contributed by atoms with Crippen LogP contribution in [0.15, 0.2) is 0 Å². The minimum atomic E-state index is -1.21. The van der Waals surface area contributed by atoms with E-state index in [1.54, 1.807) is 20.8 Å².